The van der Waals surface area contributed by atoms with Gasteiger partial charge in [0.25, 0.3) is 0 Å². The average Bonchev–Trinajstić information content (AvgIpc) is 3.14. The Morgan fingerprint density at radius 1 is 1.22 bits per heavy atom. The van der Waals surface area contributed by atoms with Gasteiger partial charge in [-0.25, -0.2) is 18.7 Å². The summed E-state index contributed by atoms with van der Waals surface area (Å²) < 4.78 is 28.7. The second-order valence-electron chi connectivity index (χ2n) is 5.43. The Labute approximate surface area is 130 Å². The molecule has 0 aromatic carbocycles. The highest BCUT2D eigenvalue weighted by Crippen LogP contribution is 2.20. The van der Waals surface area contributed by atoms with Crippen molar-refractivity contribution < 1.29 is 8.78 Å². The number of anilines is 1. The zero-order chi connectivity index (χ0) is 15.8. The van der Waals surface area contributed by atoms with Crippen molar-refractivity contribution >= 4 is 11.5 Å². The number of nitrogens with one attached hydrogen (secondary N) is 2. The molecule has 1 fully saturated rings. The largest absolute Gasteiger partial charge is 0.362 e. The summed E-state index contributed by atoms with van der Waals surface area (Å²) in [5, 5.41) is 6.01. The molecule has 1 aliphatic rings. The second-order valence-corrected chi connectivity index (χ2v) is 5.43. The Kier molecular flexibility index (Phi) is 3.38. The van der Waals surface area contributed by atoms with Crippen molar-refractivity contribution in [2.45, 2.75) is 12.2 Å². The lowest BCUT2D eigenvalue weighted by atomic mass is 10.2. The van der Waals surface area contributed by atoms with E-state index in [2.05, 4.69) is 25.6 Å². The molecule has 4 rings (SSSR count). The van der Waals surface area contributed by atoms with Crippen LogP contribution in [0.5, 0.6) is 0 Å². The van der Waals surface area contributed by atoms with Gasteiger partial charge in [0.15, 0.2) is 0 Å². The number of aromatic nitrogens is 4. The molecule has 2 N–H and O–H groups in total. The molecular weight excluding hydrogens is 302 g/mol. The first kappa shape index (κ1) is 14.0. The normalized spacial score (nSPS) is 21.0. The zero-order valence-electron chi connectivity index (χ0n) is 12.1. The molecule has 118 valence electrons. The standard InChI is InChI=1S/C15H14F2N6/c16-9-1-2-15-20-6-13(23(15)8-9)12-5-19-7-14(22-12)21-11-4-18-3-10(11)17/h1-2,5-8,10-11,18H,3-4H2,(H,21,22)/t10-,11+/m1/s1. The van der Waals surface area contributed by atoms with Crippen molar-refractivity contribution in [2.24, 2.45) is 0 Å². The van der Waals surface area contributed by atoms with Crippen LogP contribution in [-0.2, 0) is 0 Å². The molecule has 0 radical (unpaired) electrons. The van der Waals surface area contributed by atoms with E-state index in [9.17, 15) is 8.78 Å². The van der Waals surface area contributed by atoms with E-state index < -0.39 is 6.17 Å². The zero-order valence-corrected chi connectivity index (χ0v) is 12.1. The fourth-order valence-corrected chi connectivity index (χ4v) is 2.68. The number of nitrogens with zero attached hydrogens (tertiary/aromatic N) is 4. The van der Waals surface area contributed by atoms with Crippen LogP contribution in [0.1, 0.15) is 0 Å². The molecule has 1 saturated heterocycles. The van der Waals surface area contributed by atoms with Crippen LogP contribution in [0.4, 0.5) is 14.6 Å². The highest BCUT2D eigenvalue weighted by Gasteiger charge is 2.26. The molecule has 0 unspecified atom stereocenters. The number of halogens is 2. The van der Waals surface area contributed by atoms with E-state index in [0.717, 1.165) is 0 Å². The van der Waals surface area contributed by atoms with Crippen LogP contribution in [0.2, 0.25) is 0 Å². The van der Waals surface area contributed by atoms with Gasteiger partial charge in [-0.2, -0.15) is 0 Å². The van der Waals surface area contributed by atoms with Gasteiger partial charge in [0, 0.05) is 19.3 Å². The van der Waals surface area contributed by atoms with Crippen molar-refractivity contribution in [1.82, 2.24) is 24.7 Å². The summed E-state index contributed by atoms with van der Waals surface area (Å²) in [4.78, 5) is 12.8. The van der Waals surface area contributed by atoms with E-state index in [4.69, 9.17) is 0 Å². The van der Waals surface area contributed by atoms with Crippen LogP contribution in [0.3, 0.4) is 0 Å². The summed E-state index contributed by atoms with van der Waals surface area (Å²) in [5.41, 5.74) is 1.77. The van der Waals surface area contributed by atoms with E-state index in [1.807, 2.05) is 0 Å². The molecule has 4 heterocycles. The topological polar surface area (TPSA) is 67.1 Å². The molecule has 6 nitrogen and oxygen atoms in total. The van der Waals surface area contributed by atoms with Crippen molar-refractivity contribution in [3.63, 3.8) is 0 Å². The van der Waals surface area contributed by atoms with Gasteiger partial charge in [0.05, 0.1) is 30.3 Å². The van der Waals surface area contributed by atoms with E-state index in [1.54, 1.807) is 29.1 Å². The smallest absolute Gasteiger partial charge is 0.145 e. The van der Waals surface area contributed by atoms with Crippen molar-refractivity contribution in [1.29, 1.82) is 0 Å². The third kappa shape index (κ3) is 2.61. The summed E-state index contributed by atoms with van der Waals surface area (Å²) >= 11 is 0. The number of rotatable bonds is 3. The third-order valence-corrected chi connectivity index (χ3v) is 3.84. The van der Waals surface area contributed by atoms with Crippen LogP contribution in [-0.4, -0.2) is 44.7 Å². The van der Waals surface area contributed by atoms with Gasteiger partial charge in [-0.3, -0.25) is 9.38 Å². The minimum Gasteiger partial charge on any atom is -0.362 e. The van der Waals surface area contributed by atoms with E-state index >= 15 is 0 Å². The fourth-order valence-electron chi connectivity index (χ4n) is 2.68. The van der Waals surface area contributed by atoms with Crippen molar-refractivity contribution in [3.05, 3.63) is 42.7 Å². The monoisotopic (exact) mass is 316 g/mol. The highest BCUT2D eigenvalue weighted by molar-refractivity contribution is 5.60. The summed E-state index contributed by atoms with van der Waals surface area (Å²) in [5.74, 6) is 0.112. The molecule has 8 heteroatoms. The van der Waals surface area contributed by atoms with Crippen molar-refractivity contribution in [2.75, 3.05) is 18.4 Å². The lowest BCUT2D eigenvalue weighted by Gasteiger charge is -2.14. The fraction of sp³-hybridized carbons (Fsp3) is 0.267. The molecule has 0 amide bonds. The molecule has 0 aliphatic carbocycles. The van der Waals surface area contributed by atoms with E-state index in [1.165, 1.54) is 12.3 Å². The lowest BCUT2D eigenvalue weighted by molar-refractivity contribution is 0.342. The predicted molar refractivity (Wildman–Crippen MR) is 81.4 cm³/mol. The Morgan fingerprint density at radius 2 is 2.13 bits per heavy atom. The number of fused-ring (bicyclic) bond motifs is 1. The Bertz CT molecular complexity index is 849. The molecule has 0 spiro atoms. The number of alkyl halides is 1. The molecule has 23 heavy (non-hydrogen) atoms. The van der Waals surface area contributed by atoms with Crippen LogP contribution in [0, 0.1) is 5.82 Å². The second kappa shape index (κ2) is 5.54. The minimum absolute atomic E-state index is 0.331. The van der Waals surface area contributed by atoms with Crippen molar-refractivity contribution in [3.8, 4) is 11.4 Å². The first-order chi connectivity index (χ1) is 11.2. The maximum absolute atomic E-state index is 13.7. The van der Waals surface area contributed by atoms with Crippen LogP contribution >= 0.6 is 0 Å². The summed E-state index contributed by atoms with van der Waals surface area (Å²) in [7, 11) is 0. The Morgan fingerprint density at radius 3 is 2.96 bits per heavy atom. The van der Waals surface area contributed by atoms with Crippen LogP contribution in [0.25, 0.3) is 17.0 Å². The highest BCUT2D eigenvalue weighted by atomic mass is 19.1. The molecule has 3 aromatic heterocycles. The lowest BCUT2D eigenvalue weighted by Crippen LogP contribution is -2.29. The molecule has 3 aromatic rings. The maximum Gasteiger partial charge on any atom is 0.145 e. The predicted octanol–water partition coefficient (Wildman–Crippen LogP) is 1.65. The van der Waals surface area contributed by atoms with Gasteiger partial charge < -0.3 is 10.6 Å². The van der Waals surface area contributed by atoms with Crippen LogP contribution < -0.4 is 10.6 Å². The van der Waals surface area contributed by atoms with Gasteiger partial charge in [0.1, 0.15) is 29.1 Å². The summed E-state index contributed by atoms with van der Waals surface area (Å²) in [6.45, 7) is 0.866. The van der Waals surface area contributed by atoms with Gasteiger partial charge in [-0.1, -0.05) is 0 Å². The molecule has 0 saturated carbocycles. The third-order valence-electron chi connectivity index (χ3n) is 3.84. The van der Waals surface area contributed by atoms with Gasteiger partial charge in [0.2, 0.25) is 0 Å². The number of hydrogen-bond acceptors (Lipinski definition) is 5. The quantitative estimate of drug-likeness (QED) is 0.769. The van der Waals surface area contributed by atoms with Gasteiger partial charge in [-0.15, -0.1) is 0 Å². The van der Waals surface area contributed by atoms with Gasteiger partial charge >= 0.3 is 0 Å². The molecule has 0 bridgehead atoms. The summed E-state index contributed by atoms with van der Waals surface area (Å²) in [6.07, 6.45) is 5.10. The Balaban J connectivity index is 1.68. The van der Waals surface area contributed by atoms with E-state index in [-0.39, 0.29) is 11.9 Å². The SMILES string of the molecule is Fc1ccc2ncc(-c3cncc(N[C@H]4CNC[C@H]4F)n3)n2c1. The Hall–Kier alpha value is -2.61. The first-order valence-corrected chi connectivity index (χ1v) is 7.27. The van der Waals surface area contributed by atoms with Gasteiger partial charge in [-0.05, 0) is 12.1 Å². The number of imidazole rings is 1. The molecule has 2 atom stereocenters. The minimum atomic E-state index is -0.967. The maximum atomic E-state index is 13.7. The average molecular weight is 316 g/mol. The summed E-state index contributed by atoms with van der Waals surface area (Å²) in [6, 6.07) is 2.61. The first-order valence-electron chi connectivity index (χ1n) is 7.27. The number of hydrogen-bond donors (Lipinski definition) is 2. The van der Waals surface area contributed by atoms with E-state index in [0.29, 0.717) is 35.9 Å². The molecular formula is C15H14F2N6. The molecule has 1 aliphatic heterocycles. The number of pyridine rings is 1. The van der Waals surface area contributed by atoms with Crippen LogP contribution in [0.15, 0.2) is 36.9 Å².